The molecule has 0 spiro atoms. The lowest BCUT2D eigenvalue weighted by molar-refractivity contribution is -0.120. The summed E-state index contributed by atoms with van der Waals surface area (Å²) >= 11 is 0. The first kappa shape index (κ1) is 11.2. The molecule has 0 aromatic heterocycles. The highest BCUT2D eigenvalue weighted by atomic mass is 16.2. The molecular weight excluding hydrogens is 198 g/mol. The van der Waals surface area contributed by atoms with E-state index in [2.05, 4.69) is 43.4 Å². The molecular formula is C14H19NO. The average Bonchev–Trinajstić information content (AvgIpc) is 2.63. The first-order valence-electron chi connectivity index (χ1n) is 5.97. The summed E-state index contributed by atoms with van der Waals surface area (Å²) in [4.78, 5) is 11.4. The third-order valence-corrected chi connectivity index (χ3v) is 3.65. The second-order valence-electron chi connectivity index (χ2n) is 5.02. The maximum absolute atomic E-state index is 11.4. The Hall–Kier alpha value is -1.31. The number of nitrogens with one attached hydrogen (secondary N) is 1. The predicted octanol–water partition coefficient (Wildman–Crippen LogP) is 2.53. The molecule has 1 N–H and O–H groups in total. The van der Waals surface area contributed by atoms with Gasteiger partial charge in [-0.3, -0.25) is 4.79 Å². The summed E-state index contributed by atoms with van der Waals surface area (Å²) in [5.41, 5.74) is 1.27. The Morgan fingerprint density at radius 1 is 1.31 bits per heavy atom. The fourth-order valence-electron chi connectivity index (χ4n) is 2.47. The van der Waals surface area contributed by atoms with Crippen LogP contribution >= 0.6 is 0 Å². The Morgan fingerprint density at radius 3 is 2.50 bits per heavy atom. The molecule has 16 heavy (non-hydrogen) atoms. The molecule has 1 fully saturated rings. The van der Waals surface area contributed by atoms with Crippen LogP contribution in [0.5, 0.6) is 0 Å². The van der Waals surface area contributed by atoms with Crippen molar-refractivity contribution in [3.63, 3.8) is 0 Å². The molecule has 2 rings (SSSR count). The van der Waals surface area contributed by atoms with Crippen molar-refractivity contribution in [3.8, 4) is 0 Å². The Labute approximate surface area is 97.1 Å². The van der Waals surface area contributed by atoms with E-state index in [1.165, 1.54) is 5.56 Å². The molecule has 1 aromatic carbocycles. The van der Waals surface area contributed by atoms with Crippen molar-refractivity contribution < 1.29 is 4.79 Å². The Morgan fingerprint density at radius 2 is 2.00 bits per heavy atom. The summed E-state index contributed by atoms with van der Waals surface area (Å²) in [5, 5.41) is 3.18. The summed E-state index contributed by atoms with van der Waals surface area (Å²) in [5.74, 6) is 0.670. The summed E-state index contributed by atoms with van der Waals surface area (Å²) in [6.45, 7) is 4.38. The number of carbonyl (C=O) groups is 1. The molecule has 0 radical (unpaired) electrons. The maximum Gasteiger partial charge on any atom is 0.220 e. The minimum Gasteiger partial charge on any atom is -0.350 e. The van der Waals surface area contributed by atoms with Crippen LogP contribution in [0, 0.1) is 5.92 Å². The van der Waals surface area contributed by atoms with Crippen molar-refractivity contribution in [2.75, 3.05) is 0 Å². The molecule has 1 amide bonds. The molecule has 1 aliphatic rings. The number of hydrogen-bond donors (Lipinski definition) is 1. The van der Waals surface area contributed by atoms with Crippen LogP contribution in [0.4, 0.5) is 0 Å². The summed E-state index contributed by atoms with van der Waals surface area (Å²) in [6, 6.07) is 10.4. The molecule has 86 valence electrons. The summed E-state index contributed by atoms with van der Waals surface area (Å²) in [6.07, 6.45) is 2.57. The molecule has 2 nitrogen and oxygen atoms in total. The zero-order chi connectivity index (χ0) is 11.6. The molecule has 1 unspecified atom stereocenters. The van der Waals surface area contributed by atoms with E-state index >= 15 is 0 Å². The quantitative estimate of drug-likeness (QED) is 0.828. The number of amides is 1. The number of carbonyl (C=O) groups excluding carboxylic acids is 1. The lowest BCUT2D eigenvalue weighted by Crippen LogP contribution is -2.48. The second-order valence-corrected chi connectivity index (χ2v) is 5.02. The van der Waals surface area contributed by atoms with Crippen molar-refractivity contribution in [1.82, 2.24) is 5.32 Å². The van der Waals surface area contributed by atoms with Crippen LogP contribution in [0.15, 0.2) is 30.3 Å². The minimum absolute atomic E-state index is 0.0293. The van der Waals surface area contributed by atoms with Crippen LogP contribution in [0.25, 0.3) is 0 Å². The van der Waals surface area contributed by atoms with E-state index in [-0.39, 0.29) is 11.4 Å². The highest BCUT2D eigenvalue weighted by Gasteiger charge is 2.40. The molecule has 1 heterocycles. The van der Waals surface area contributed by atoms with Gasteiger partial charge >= 0.3 is 0 Å². The largest absolute Gasteiger partial charge is 0.350 e. The van der Waals surface area contributed by atoms with E-state index in [9.17, 15) is 4.79 Å². The van der Waals surface area contributed by atoms with Gasteiger partial charge in [-0.2, -0.15) is 0 Å². The minimum atomic E-state index is -0.0293. The van der Waals surface area contributed by atoms with Gasteiger partial charge in [0.1, 0.15) is 0 Å². The topological polar surface area (TPSA) is 29.1 Å². The van der Waals surface area contributed by atoms with Crippen LogP contribution in [0.3, 0.4) is 0 Å². The second kappa shape index (κ2) is 4.28. The standard InChI is InChI=1S/C14H19NO/c1-11(2)14(9-8-13(16)15-14)10-12-6-4-3-5-7-12/h3-7,11H,8-10H2,1-2H3,(H,15,16). The van der Waals surface area contributed by atoms with Crippen molar-refractivity contribution in [2.45, 2.75) is 38.6 Å². The third-order valence-electron chi connectivity index (χ3n) is 3.65. The summed E-state index contributed by atoms with van der Waals surface area (Å²) < 4.78 is 0. The zero-order valence-electron chi connectivity index (χ0n) is 9.99. The lowest BCUT2D eigenvalue weighted by atomic mass is 9.80. The summed E-state index contributed by atoms with van der Waals surface area (Å²) in [7, 11) is 0. The molecule has 1 aliphatic heterocycles. The van der Waals surface area contributed by atoms with Crippen molar-refractivity contribution >= 4 is 5.91 Å². The van der Waals surface area contributed by atoms with Gasteiger partial charge < -0.3 is 5.32 Å². The Bertz CT molecular complexity index is 372. The number of benzene rings is 1. The molecule has 1 saturated heterocycles. The first-order chi connectivity index (χ1) is 7.62. The molecule has 0 saturated carbocycles. The van der Waals surface area contributed by atoms with Crippen molar-refractivity contribution in [3.05, 3.63) is 35.9 Å². The molecule has 0 aliphatic carbocycles. The van der Waals surface area contributed by atoms with Gasteiger partial charge in [0.15, 0.2) is 0 Å². The van der Waals surface area contributed by atoms with E-state index in [1.807, 2.05) is 6.07 Å². The Balaban J connectivity index is 2.19. The van der Waals surface area contributed by atoms with E-state index in [1.54, 1.807) is 0 Å². The fourth-order valence-corrected chi connectivity index (χ4v) is 2.47. The molecule has 2 heteroatoms. The van der Waals surface area contributed by atoms with Gasteiger partial charge in [-0.25, -0.2) is 0 Å². The Kier molecular flexibility index (Phi) is 2.99. The molecule has 0 bridgehead atoms. The van der Waals surface area contributed by atoms with Crippen molar-refractivity contribution in [2.24, 2.45) is 5.92 Å². The van der Waals surface area contributed by atoms with Gasteiger partial charge in [0, 0.05) is 12.0 Å². The van der Waals surface area contributed by atoms with Crippen LogP contribution < -0.4 is 5.32 Å². The van der Waals surface area contributed by atoms with Crippen LogP contribution in [-0.2, 0) is 11.2 Å². The van der Waals surface area contributed by atoms with Crippen LogP contribution in [0.2, 0.25) is 0 Å². The zero-order valence-corrected chi connectivity index (χ0v) is 9.99. The van der Waals surface area contributed by atoms with Crippen LogP contribution in [0.1, 0.15) is 32.3 Å². The first-order valence-corrected chi connectivity index (χ1v) is 5.97. The van der Waals surface area contributed by atoms with Gasteiger partial charge in [-0.15, -0.1) is 0 Å². The third kappa shape index (κ3) is 2.11. The lowest BCUT2D eigenvalue weighted by Gasteiger charge is -2.33. The van der Waals surface area contributed by atoms with E-state index in [0.717, 1.165) is 12.8 Å². The molecule has 1 atom stereocenters. The van der Waals surface area contributed by atoms with Gasteiger partial charge in [0.05, 0.1) is 0 Å². The monoisotopic (exact) mass is 217 g/mol. The number of hydrogen-bond acceptors (Lipinski definition) is 1. The highest BCUT2D eigenvalue weighted by molar-refractivity contribution is 5.79. The van der Waals surface area contributed by atoms with Crippen molar-refractivity contribution in [1.29, 1.82) is 0 Å². The number of rotatable bonds is 3. The van der Waals surface area contributed by atoms with E-state index in [4.69, 9.17) is 0 Å². The van der Waals surface area contributed by atoms with Gasteiger partial charge in [0.2, 0.25) is 5.91 Å². The SMILES string of the molecule is CC(C)C1(Cc2ccccc2)CCC(=O)N1. The predicted molar refractivity (Wildman–Crippen MR) is 65.1 cm³/mol. The fraction of sp³-hybridized carbons (Fsp3) is 0.500. The van der Waals surface area contributed by atoms with Gasteiger partial charge in [0.25, 0.3) is 0 Å². The van der Waals surface area contributed by atoms with Crippen LogP contribution in [-0.4, -0.2) is 11.4 Å². The maximum atomic E-state index is 11.4. The van der Waals surface area contributed by atoms with E-state index in [0.29, 0.717) is 12.3 Å². The van der Waals surface area contributed by atoms with Gasteiger partial charge in [-0.1, -0.05) is 44.2 Å². The molecule has 1 aromatic rings. The average molecular weight is 217 g/mol. The smallest absolute Gasteiger partial charge is 0.220 e. The van der Waals surface area contributed by atoms with E-state index < -0.39 is 0 Å². The normalized spacial score (nSPS) is 24.8. The highest BCUT2D eigenvalue weighted by Crippen LogP contribution is 2.31. The van der Waals surface area contributed by atoms with Gasteiger partial charge in [-0.05, 0) is 24.3 Å².